The molecule has 9 nitrogen and oxygen atoms in total. The zero-order chi connectivity index (χ0) is 25.1. The molecule has 0 fully saturated rings. The van der Waals surface area contributed by atoms with Gasteiger partial charge in [0.05, 0.1) is 44.1 Å². The van der Waals surface area contributed by atoms with Crippen molar-refractivity contribution < 1.29 is 33.4 Å². The highest BCUT2D eigenvalue weighted by molar-refractivity contribution is 7.16. The normalized spacial score (nSPS) is 12.4. The van der Waals surface area contributed by atoms with Crippen LogP contribution in [0, 0.1) is 0 Å². The number of methoxy groups -OCH3 is 2. The van der Waals surface area contributed by atoms with E-state index in [0.29, 0.717) is 27.5 Å². The van der Waals surface area contributed by atoms with Gasteiger partial charge in [-0.1, -0.05) is 12.1 Å². The van der Waals surface area contributed by atoms with Crippen LogP contribution in [0.5, 0.6) is 11.5 Å². The van der Waals surface area contributed by atoms with Gasteiger partial charge in [-0.3, -0.25) is 19.3 Å². The number of fused-ring (bicyclic) bond motifs is 1. The fraction of sp³-hybridized carbons (Fsp3) is 0.200. The molecule has 3 aromatic rings. The Bertz CT molecular complexity index is 1270. The summed E-state index contributed by atoms with van der Waals surface area (Å²) in [5, 5.41) is 2.97. The van der Waals surface area contributed by atoms with Gasteiger partial charge in [0.2, 0.25) is 0 Å². The standard InChI is InChI=1S/C25H22N2O7S/c1-4-34-25(31)20-12-17(13-27-23(29)18-7-5-6-8-19(18)24(27)30)35-22(20)26-21(28)14-9-15(32-2)11-16(10-14)33-3/h5-12H,4,13H2,1-3H3,(H,26,28). The summed E-state index contributed by atoms with van der Waals surface area (Å²) >= 11 is 1.08. The average Bonchev–Trinajstić information content (AvgIpc) is 3.38. The van der Waals surface area contributed by atoms with E-state index in [0.717, 1.165) is 16.2 Å². The highest BCUT2D eigenvalue weighted by atomic mass is 32.1. The van der Waals surface area contributed by atoms with Crippen LogP contribution in [-0.2, 0) is 11.3 Å². The minimum absolute atomic E-state index is 0.0493. The lowest BCUT2D eigenvalue weighted by Crippen LogP contribution is -2.28. The summed E-state index contributed by atoms with van der Waals surface area (Å²) in [6.07, 6.45) is 0. The predicted octanol–water partition coefficient (Wildman–Crippen LogP) is 3.99. The Morgan fingerprint density at radius 1 is 0.943 bits per heavy atom. The summed E-state index contributed by atoms with van der Waals surface area (Å²) in [6, 6.07) is 12.8. The van der Waals surface area contributed by atoms with E-state index in [1.54, 1.807) is 37.3 Å². The second-order valence-corrected chi connectivity index (χ2v) is 8.61. The van der Waals surface area contributed by atoms with Crippen LogP contribution in [0.1, 0.15) is 53.2 Å². The van der Waals surface area contributed by atoms with Crippen molar-refractivity contribution in [3.05, 3.63) is 75.7 Å². The van der Waals surface area contributed by atoms with Crippen molar-refractivity contribution in [2.75, 3.05) is 26.1 Å². The number of amides is 3. The number of imide groups is 1. The lowest BCUT2D eigenvalue weighted by atomic mass is 10.1. The largest absolute Gasteiger partial charge is 0.497 e. The zero-order valence-corrected chi connectivity index (χ0v) is 20.1. The van der Waals surface area contributed by atoms with Gasteiger partial charge < -0.3 is 19.5 Å². The molecule has 0 unspecified atom stereocenters. The van der Waals surface area contributed by atoms with Crippen molar-refractivity contribution in [2.24, 2.45) is 0 Å². The number of hydrogen-bond acceptors (Lipinski definition) is 8. The molecule has 2 heterocycles. The third-order valence-corrected chi connectivity index (χ3v) is 6.35. The molecule has 35 heavy (non-hydrogen) atoms. The van der Waals surface area contributed by atoms with Gasteiger partial charge in [0.15, 0.2) is 0 Å². The molecule has 4 rings (SSSR count). The second kappa shape index (κ2) is 9.98. The fourth-order valence-corrected chi connectivity index (χ4v) is 4.65. The number of carbonyl (C=O) groups excluding carboxylic acids is 4. The van der Waals surface area contributed by atoms with Crippen molar-refractivity contribution in [3.8, 4) is 11.5 Å². The highest BCUT2D eigenvalue weighted by Crippen LogP contribution is 2.33. The number of esters is 1. The van der Waals surface area contributed by atoms with E-state index in [1.165, 1.54) is 32.4 Å². The van der Waals surface area contributed by atoms with Crippen LogP contribution in [0.3, 0.4) is 0 Å². The molecule has 1 N–H and O–H groups in total. The summed E-state index contributed by atoms with van der Waals surface area (Å²) in [5.74, 6) is -1.09. The van der Waals surface area contributed by atoms with Gasteiger partial charge in [-0.25, -0.2) is 4.79 Å². The maximum atomic E-state index is 13.0. The number of anilines is 1. The molecule has 3 amide bonds. The van der Waals surface area contributed by atoms with Gasteiger partial charge >= 0.3 is 5.97 Å². The molecule has 0 atom stereocenters. The lowest BCUT2D eigenvalue weighted by molar-refractivity contribution is 0.0527. The van der Waals surface area contributed by atoms with Gasteiger partial charge in [-0.15, -0.1) is 11.3 Å². The molecular formula is C25H22N2O7S. The number of thiophene rings is 1. The Morgan fingerprint density at radius 3 is 2.09 bits per heavy atom. The van der Waals surface area contributed by atoms with E-state index in [9.17, 15) is 19.2 Å². The first-order valence-corrected chi connectivity index (χ1v) is 11.5. The van der Waals surface area contributed by atoms with Crippen molar-refractivity contribution in [1.29, 1.82) is 0 Å². The van der Waals surface area contributed by atoms with E-state index in [-0.39, 0.29) is 29.3 Å². The molecule has 0 saturated carbocycles. The first-order valence-electron chi connectivity index (χ1n) is 10.7. The number of rotatable bonds is 8. The van der Waals surface area contributed by atoms with E-state index >= 15 is 0 Å². The van der Waals surface area contributed by atoms with Crippen molar-refractivity contribution >= 4 is 40.0 Å². The summed E-state index contributed by atoms with van der Waals surface area (Å²) in [5.41, 5.74) is 1.05. The number of nitrogens with zero attached hydrogens (tertiary/aromatic N) is 1. The van der Waals surface area contributed by atoms with Crippen LogP contribution in [0.4, 0.5) is 5.00 Å². The van der Waals surface area contributed by atoms with Crippen molar-refractivity contribution in [2.45, 2.75) is 13.5 Å². The number of carbonyl (C=O) groups is 4. The van der Waals surface area contributed by atoms with Crippen LogP contribution < -0.4 is 14.8 Å². The first kappa shape index (κ1) is 24.0. The van der Waals surface area contributed by atoms with Crippen LogP contribution >= 0.6 is 11.3 Å². The van der Waals surface area contributed by atoms with Gasteiger partial charge in [0.1, 0.15) is 16.5 Å². The predicted molar refractivity (Wildman–Crippen MR) is 128 cm³/mol. The van der Waals surface area contributed by atoms with Gasteiger partial charge in [-0.05, 0) is 37.3 Å². The van der Waals surface area contributed by atoms with Gasteiger partial charge in [0.25, 0.3) is 17.7 Å². The van der Waals surface area contributed by atoms with Crippen LogP contribution in [-0.4, -0.2) is 49.4 Å². The molecule has 1 aromatic heterocycles. The Kier molecular flexibility index (Phi) is 6.83. The summed E-state index contributed by atoms with van der Waals surface area (Å²) in [7, 11) is 2.94. The Morgan fingerprint density at radius 2 is 1.54 bits per heavy atom. The van der Waals surface area contributed by atoms with Gasteiger partial charge in [-0.2, -0.15) is 0 Å². The Hall–Kier alpha value is -4.18. The minimum atomic E-state index is -0.629. The molecule has 0 radical (unpaired) electrons. The molecule has 0 aliphatic carbocycles. The average molecular weight is 495 g/mol. The molecule has 1 aliphatic heterocycles. The Balaban J connectivity index is 1.62. The molecule has 0 bridgehead atoms. The molecule has 0 spiro atoms. The third kappa shape index (κ3) is 4.73. The number of hydrogen-bond donors (Lipinski definition) is 1. The molecule has 180 valence electrons. The molecule has 0 saturated heterocycles. The van der Waals surface area contributed by atoms with Crippen LogP contribution in [0.2, 0.25) is 0 Å². The zero-order valence-electron chi connectivity index (χ0n) is 19.2. The maximum Gasteiger partial charge on any atom is 0.341 e. The van der Waals surface area contributed by atoms with Crippen LogP contribution in [0.25, 0.3) is 0 Å². The monoisotopic (exact) mass is 494 g/mol. The number of nitrogens with one attached hydrogen (secondary N) is 1. The first-order chi connectivity index (χ1) is 16.9. The summed E-state index contributed by atoms with van der Waals surface area (Å²) in [4.78, 5) is 52.7. The second-order valence-electron chi connectivity index (χ2n) is 7.47. The molecule has 1 aliphatic rings. The molecule has 2 aromatic carbocycles. The molecular weight excluding hydrogens is 472 g/mol. The highest BCUT2D eigenvalue weighted by Gasteiger charge is 2.35. The number of benzene rings is 2. The van der Waals surface area contributed by atoms with E-state index in [2.05, 4.69) is 5.32 Å². The third-order valence-electron chi connectivity index (χ3n) is 5.31. The van der Waals surface area contributed by atoms with Gasteiger partial charge in [0, 0.05) is 16.5 Å². The van der Waals surface area contributed by atoms with Crippen molar-refractivity contribution in [1.82, 2.24) is 4.90 Å². The fourth-order valence-electron chi connectivity index (χ4n) is 3.63. The summed E-state index contributed by atoms with van der Waals surface area (Å²) < 4.78 is 15.6. The SMILES string of the molecule is CCOC(=O)c1cc(CN2C(=O)c3ccccc3C2=O)sc1NC(=O)c1cc(OC)cc(OC)c1. The van der Waals surface area contributed by atoms with E-state index < -0.39 is 23.7 Å². The number of ether oxygens (including phenoxy) is 3. The van der Waals surface area contributed by atoms with Crippen molar-refractivity contribution in [3.63, 3.8) is 0 Å². The van der Waals surface area contributed by atoms with Crippen LogP contribution in [0.15, 0.2) is 48.5 Å². The van der Waals surface area contributed by atoms with E-state index in [4.69, 9.17) is 14.2 Å². The molecule has 10 heteroatoms. The minimum Gasteiger partial charge on any atom is -0.497 e. The maximum absolute atomic E-state index is 13.0. The Labute approximate surface area is 205 Å². The topological polar surface area (TPSA) is 111 Å². The quantitative estimate of drug-likeness (QED) is 0.372. The lowest BCUT2D eigenvalue weighted by Gasteiger charge is -2.12. The summed E-state index contributed by atoms with van der Waals surface area (Å²) in [6.45, 7) is 1.76. The smallest absolute Gasteiger partial charge is 0.341 e. The van der Waals surface area contributed by atoms with E-state index in [1.807, 2.05) is 0 Å².